The molecule has 98 valence electrons. The molecule has 0 aliphatic heterocycles. The van der Waals surface area contributed by atoms with Crippen molar-refractivity contribution >= 4 is 23.1 Å². The van der Waals surface area contributed by atoms with Crippen molar-refractivity contribution in [2.24, 2.45) is 0 Å². The molecule has 0 aliphatic rings. The molecule has 0 aliphatic carbocycles. The summed E-state index contributed by atoms with van der Waals surface area (Å²) in [6.45, 7) is 2.39. The number of hydrogen-bond acceptors (Lipinski definition) is 4. The van der Waals surface area contributed by atoms with E-state index < -0.39 is 0 Å². The van der Waals surface area contributed by atoms with Gasteiger partial charge in [-0.15, -0.1) is 0 Å². The zero-order chi connectivity index (χ0) is 13.8. The molecular formula is C14H13ClN2O2. The van der Waals surface area contributed by atoms with Gasteiger partial charge in [0.2, 0.25) is 0 Å². The van der Waals surface area contributed by atoms with E-state index in [0.717, 1.165) is 0 Å². The summed E-state index contributed by atoms with van der Waals surface area (Å²) in [6, 6.07) is 6.45. The molecule has 0 saturated carbocycles. The summed E-state index contributed by atoms with van der Waals surface area (Å²) in [5.74, 6) is 0.394. The van der Waals surface area contributed by atoms with Gasteiger partial charge >= 0.3 is 0 Å². The fraction of sp³-hybridized carbons (Fsp3) is 0.143. The third-order valence-electron chi connectivity index (χ3n) is 2.55. The lowest BCUT2D eigenvalue weighted by atomic mass is 10.0. The highest BCUT2D eigenvalue weighted by molar-refractivity contribution is 6.33. The molecule has 0 saturated heterocycles. The lowest BCUT2D eigenvalue weighted by Crippen LogP contribution is -2.03. The second-order valence-corrected chi connectivity index (χ2v) is 4.31. The van der Waals surface area contributed by atoms with Crippen LogP contribution in [0.2, 0.25) is 5.02 Å². The van der Waals surface area contributed by atoms with E-state index in [-0.39, 0.29) is 5.78 Å². The molecule has 0 spiro atoms. The Hall–Kier alpha value is -2.07. The van der Waals surface area contributed by atoms with Gasteiger partial charge in [0.1, 0.15) is 5.75 Å². The van der Waals surface area contributed by atoms with Gasteiger partial charge in [0.05, 0.1) is 23.5 Å². The lowest BCUT2D eigenvalue weighted by Gasteiger charge is -2.06. The van der Waals surface area contributed by atoms with Crippen molar-refractivity contribution in [1.82, 2.24) is 4.98 Å². The standard InChI is InChI=1S/C14H13ClN2O2/c1-2-19-11-5-10(7-17-8-11)14(18)9-3-4-13(16)12(15)6-9/h3-8H,2,16H2,1H3. The number of nitrogen functional groups attached to an aromatic ring is 1. The largest absolute Gasteiger partial charge is 0.492 e. The molecule has 1 aromatic carbocycles. The maximum absolute atomic E-state index is 12.3. The van der Waals surface area contributed by atoms with Gasteiger partial charge in [0.15, 0.2) is 5.78 Å². The molecule has 0 bridgehead atoms. The van der Waals surface area contributed by atoms with Crippen LogP contribution >= 0.6 is 11.6 Å². The Morgan fingerprint density at radius 1 is 1.32 bits per heavy atom. The first kappa shape index (κ1) is 13.4. The summed E-state index contributed by atoms with van der Waals surface area (Å²) in [6.07, 6.45) is 3.06. The quantitative estimate of drug-likeness (QED) is 0.689. The number of carbonyl (C=O) groups excluding carboxylic acids is 1. The van der Waals surface area contributed by atoms with E-state index in [0.29, 0.717) is 34.2 Å². The SMILES string of the molecule is CCOc1cncc(C(=O)c2ccc(N)c(Cl)c2)c1. The van der Waals surface area contributed by atoms with Gasteiger partial charge in [0.25, 0.3) is 0 Å². The molecule has 1 aromatic heterocycles. The van der Waals surface area contributed by atoms with Crippen LogP contribution < -0.4 is 10.5 Å². The van der Waals surface area contributed by atoms with Gasteiger partial charge in [-0.25, -0.2) is 0 Å². The lowest BCUT2D eigenvalue weighted by molar-refractivity contribution is 0.103. The van der Waals surface area contributed by atoms with Gasteiger partial charge in [-0.1, -0.05) is 11.6 Å². The molecule has 0 radical (unpaired) electrons. The van der Waals surface area contributed by atoms with Crippen molar-refractivity contribution in [2.45, 2.75) is 6.92 Å². The topological polar surface area (TPSA) is 65.2 Å². The van der Waals surface area contributed by atoms with Crippen LogP contribution in [0.1, 0.15) is 22.8 Å². The predicted molar refractivity (Wildman–Crippen MR) is 74.7 cm³/mol. The number of benzene rings is 1. The molecule has 2 N–H and O–H groups in total. The number of anilines is 1. The Morgan fingerprint density at radius 3 is 2.79 bits per heavy atom. The monoisotopic (exact) mass is 276 g/mol. The fourth-order valence-corrected chi connectivity index (χ4v) is 1.80. The summed E-state index contributed by atoms with van der Waals surface area (Å²) in [4.78, 5) is 16.3. The fourth-order valence-electron chi connectivity index (χ4n) is 1.62. The number of hydrogen-bond donors (Lipinski definition) is 1. The number of ether oxygens (including phenoxy) is 1. The second-order valence-electron chi connectivity index (χ2n) is 3.91. The summed E-state index contributed by atoms with van der Waals surface area (Å²) in [7, 11) is 0. The Bertz CT molecular complexity index is 614. The van der Waals surface area contributed by atoms with Crippen LogP contribution in [-0.2, 0) is 0 Å². The van der Waals surface area contributed by atoms with E-state index in [2.05, 4.69) is 4.98 Å². The average Bonchev–Trinajstić information content (AvgIpc) is 2.42. The summed E-state index contributed by atoms with van der Waals surface area (Å²) in [5, 5.41) is 0.361. The van der Waals surface area contributed by atoms with E-state index in [4.69, 9.17) is 22.1 Å². The Labute approximate surface area is 116 Å². The van der Waals surface area contributed by atoms with Crippen molar-refractivity contribution < 1.29 is 9.53 Å². The minimum absolute atomic E-state index is 0.170. The third kappa shape index (κ3) is 3.03. The van der Waals surface area contributed by atoms with Crippen LogP contribution in [0.5, 0.6) is 5.75 Å². The molecule has 0 atom stereocenters. The molecule has 5 heteroatoms. The number of nitrogens with zero attached hydrogens (tertiary/aromatic N) is 1. The van der Waals surface area contributed by atoms with E-state index in [1.54, 1.807) is 30.5 Å². The molecule has 0 fully saturated rings. The minimum Gasteiger partial charge on any atom is -0.492 e. The van der Waals surface area contributed by atoms with Crippen molar-refractivity contribution in [2.75, 3.05) is 12.3 Å². The van der Waals surface area contributed by atoms with Crippen LogP contribution in [0.3, 0.4) is 0 Å². The van der Waals surface area contributed by atoms with Crippen LogP contribution in [0.15, 0.2) is 36.7 Å². The normalized spacial score (nSPS) is 10.2. The van der Waals surface area contributed by atoms with Gasteiger partial charge in [-0.3, -0.25) is 9.78 Å². The number of halogens is 1. The third-order valence-corrected chi connectivity index (χ3v) is 2.88. The number of nitrogens with two attached hydrogens (primary N) is 1. The number of aromatic nitrogens is 1. The zero-order valence-electron chi connectivity index (χ0n) is 10.4. The van der Waals surface area contributed by atoms with Crippen molar-refractivity contribution in [3.05, 3.63) is 52.8 Å². The first-order valence-corrected chi connectivity index (χ1v) is 6.17. The van der Waals surface area contributed by atoms with Crippen LogP contribution in [0.25, 0.3) is 0 Å². The van der Waals surface area contributed by atoms with Crippen molar-refractivity contribution in [1.29, 1.82) is 0 Å². The van der Waals surface area contributed by atoms with Crippen molar-refractivity contribution in [3.63, 3.8) is 0 Å². The maximum atomic E-state index is 12.3. The van der Waals surface area contributed by atoms with E-state index >= 15 is 0 Å². The predicted octanol–water partition coefficient (Wildman–Crippen LogP) is 2.95. The average molecular weight is 277 g/mol. The first-order chi connectivity index (χ1) is 9.11. The Morgan fingerprint density at radius 2 is 2.11 bits per heavy atom. The van der Waals surface area contributed by atoms with Crippen LogP contribution in [0, 0.1) is 0 Å². The smallest absolute Gasteiger partial charge is 0.194 e. The summed E-state index contributed by atoms with van der Waals surface area (Å²) >= 11 is 5.91. The Balaban J connectivity index is 2.32. The molecule has 0 unspecified atom stereocenters. The number of ketones is 1. The molecule has 1 heterocycles. The highest BCUT2D eigenvalue weighted by Gasteiger charge is 2.12. The van der Waals surface area contributed by atoms with E-state index in [1.807, 2.05) is 6.92 Å². The summed E-state index contributed by atoms with van der Waals surface area (Å²) in [5.41, 5.74) is 6.98. The molecule has 2 aromatic rings. The molecule has 0 amide bonds. The minimum atomic E-state index is -0.170. The zero-order valence-corrected chi connectivity index (χ0v) is 11.1. The van der Waals surface area contributed by atoms with Gasteiger partial charge < -0.3 is 10.5 Å². The number of rotatable bonds is 4. The molecular weight excluding hydrogens is 264 g/mol. The van der Waals surface area contributed by atoms with Crippen LogP contribution in [-0.4, -0.2) is 17.4 Å². The van der Waals surface area contributed by atoms with E-state index in [9.17, 15) is 4.79 Å². The first-order valence-electron chi connectivity index (χ1n) is 5.79. The van der Waals surface area contributed by atoms with Crippen LogP contribution in [0.4, 0.5) is 5.69 Å². The second kappa shape index (κ2) is 5.71. The molecule has 19 heavy (non-hydrogen) atoms. The molecule has 2 rings (SSSR count). The van der Waals surface area contributed by atoms with Gasteiger partial charge in [-0.2, -0.15) is 0 Å². The van der Waals surface area contributed by atoms with E-state index in [1.165, 1.54) is 6.20 Å². The van der Waals surface area contributed by atoms with Gasteiger partial charge in [-0.05, 0) is 31.2 Å². The van der Waals surface area contributed by atoms with Gasteiger partial charge in [0, 0.05) is 17.3 Å². The Kier molecular flexibility index (Phi) is 4.02. The summed E-state index contributed by atoms with van der Waals surface area (Å²) < 4.78 is 5.31. The maximum Gasteiger partial charge on any atom is 0.194 e. The number of pyridine rings is 1. The van der Waals surface area contributed by atoms with Crippen molar-refractivity contribution in [3.8, 4) is 5.75 Å². The molecule has 4 nitrogen and oxygen atoms in total. The number of carbonyl (C=O) groups is 1. The highest BCUT2D eigenvalue weighted by atomic mass is 35.5. The highest BCUT2D eigenvalue weighted by Crippen LogP contribution is 2.22.